The molecule has 0 amide bonds. The van der Waals surface area contributed by atoms with Gasteiger partial charge in [0, 0.05) is 24.3 Å². The topological polar surface area (TPSA) is 39.9 Å². The third-order valence-corrected chi connectivity index (χ3v) is 3.43. The van der Waals surface area contributed by atoms with Gasteiger partial charge in [0.2, 0.25) is 0 Å². The van der Waals surface area contributed by atoms with Crippen LogP contribution in [0.25, 0.3) is 0 Å². The Kier molecular flexibility index (Phi) is 4.33. The third kappa shape index (κ3) is 3.54. The van der Waals surface area contributed by atoms with E-state index in [2.05, 4.69) is 29.8 Å². The average molecular weight is 243 g/mol. The second-order valence-corrected chi connectivity index (χ2v) is 5.51. The summed E-state index contributed by atoms with van der Waals surface area (Å²) in [6.45, 7) is 6.52. The normalized spacial score (nSPS) is 15.1. The van der Waals surface area contributed by atoms with Crippen LogP contribution in [0.5, 0.6) is 0 Å². The Labute approximate surface area is 109 Å². The summed E-state index contributed by atoms with van der Waals surface area (Å²) in [5.74, 6) is 0.732. The summed E-state index contributed by atoms with van der Waals surface area (Å²) in [5.41, 5.74) is 1.64. The molecule has 0 saturated heterocycles. The van der Waals surface area contributed by atoms with E-state index in [-0.39, 0.29) is 0 Å². The molecule has 1 aliphatic rings. The van der Waals surface area contributed by atoms with Gasteiger partial charge in [-0.15, -0.1) is 0 Å². The maximum Gasteiger partial charge on any atom is 0.144 e. The number of rotatable bonds is 6. The molecule has 3 nitrogen and oxygen atoms in total. The first-order valence-corrected chi connectivity index (χ1v) is 6.78. The van der Waals surface area contributed by atoms with E-state index in [0.717, 1.165) is 30.6 Å². The molecule has 3 heteroatoms. The monoisotopic (exact) mass is 243 g/mol. The maximum atomic E-state index is 9.07. The minimum atomic E-state index is 0.577. The molecule has 0 unspecified atom stereocenters. The molecule has 1 aromatic heterocycles. The van der Waals surface area contributed by atoms with Crippen LogP contribution in [0.15, 0.2) is 18.3 Å². The number of hydrogen-bond acceptors (Lipinski definition) is 3. The molecule has 0 spiro atoms. The van der Waals surface area contributed by atoms with Crippen LogP contribution in [0.4, 0.5) is 0 Å². The van der Waals surface area contributed by atoms with E-state index in [0.29, 0.717) is 5.69 Å². The molecule has 1 fully saturated rings. The highest BCUT2D eigenvalue weighted by Gasteiger charge is 2.29. The lowest BCUT2D eigenvalue weighted by molar-refractivity contribution is 0.239. The fraction of sp³-hybridized carbons (Fsp3) is 0.600. The van der Waals surface area contributed by atoms with Crippen LogP contribution in [-0.4, -0.2) is 22.5 Å². The quantitative estimate of drug-likeness (QED) is 0.771. The highest BCUT2D eigenvalue weighted by molar-refractivity contribution is 5.30. The van der Waals surface area contributed by atoms with Gasteiger partial charge in [0.1, 0.15) is 11.8 Å². The molecule has 1 saturated carbocycles. The van der Waals surface area contributed by atoms with E-state index in [9.17, 15) is 0 Å². The summed E-state index contributed by atoms with van der Waals surface area (Å²) in [6, 6.07) is 6.86. The van der Waals surface area contributed by atoms with Crippen LogP contribution in [0, 0.1) is 17.2 Å². The van der Waals surface area contributed by atoms with Crippen molar-refractivity contribution in [3.05, 3.63) is 29.6 Å². The van der Waals surface area contributed by atoms with Gasteiger partial charge in [-0.2, -0.15) is 5.26 Å². The molecule has 96 valence electrons. The van der Waals surface area contributed by atoms with Gasteiger partial charge in [-0.3, -0.25) is 4.90 Å². The van der Waals surface area contributed by atoms with Gasteiger partial charge in [0.15, 0.2) is 0 Å². The molecular weight excluding hydrogens is 222 g/mol. The van der Waals surface area contributed by atoms with Gasteiger partial charge in [-0.1, -0.05) is 19.9 Å². The van der Waals surface area contributed by atoms with E-state index in [1.165, 1.54) is 19.3 Å². The highest BCUT2D eigenvalue weighted by Crippen LogP contribution is 2.29. The van der Waals surface area contributed by atoms with Gasteiger partial charge >= 0.3 is 0 Å². The van der Waals surface area contributed by atoms with Crippen LogP contribution < -0.4 is 0 Å². The standard InChI is InChI=1S/C15H21N3/c1-12(2)7-9-18(14-5-6-14)11-13-4-3-8-17-15(13)10-16/h3-4,8,12,14H,5-7,9,11H2,1-2H3. The molecule has 0 N–H and O–H groups in total. The van der Waals surface area contributed by atoms with Crippen LogP contribution in [0.1, 0.15) is 44.4 Å². The molecule has 1 aliphatic carbocycles. The Balaban J connectivity index is 2.02. The molecule has 0 aliphatic heterocycles. The lowest BCUT2D eigenvalue weighted by Crippen LogP contribution is -2.28. The van der Waals surface area contributed by atoms with Crippen molar-refractivity contribution in [2.45, 2.75) is 45.7 Å². The first kappa shape index (κ1) is 13.0. The van der Waals surface area contributed by atoms with Crippen LogP contribution in [0.3, 0.4) is 0 Å². The maximum absolute atomic E-state index is 9.07. The fourth-order valence-electron chi connectivity index (χ4n) is 2.14. The van der Waals surface area contributed by atoms with E-state index in [1.807, 2.05) is 12.1 Å². The molecular formula is C15H21N3. The zero-order valence-corrected chi connectivity index (χ0v) is 11.3. The molecule has 0 atom stereocenters. The fourth-order valence-corrected chi connectivity index (χ4v) is 2.14. The van der Waals surface area contributed by atoms with Crippen molar-refractivity contribution in [1.82, 2.24) is 9.88 Å². The van der Waals surface area contributed by atoms with Gasteiger partial charge in [-0.25, -0.2) is 4.98 Å². The summed E-state index contributed by atoms with van der Waals surface area (Å²) in [6.07, 6.45) is 5.52. The van der Waals surface area contributed by atoms with Crippen LogP contribution in [-0.2, 0) is 6.54 Å². The predicted octanol–water partition coefficient (Wildman–Crippen LogP) is 2.96. The summed E-state index contributed by atoms with van der Waals surface area (Å²) in [7, 11) is 0. The Bertz CT molecular complexity index is 430. The summed E-state index contributed by atoms with van der Waals surface area (Å²) < 4.78 is 0. The van der Waals surface area contributed by atoms with E-state index in [1.54, 1.807) is 6.20 Å². The van der Waals surface area contributed by atoms with E-state index >= 15 is 0 Å². The van der Waals surface area contributed by atoms with Gasteiger partial charge in [0.05, 0.1) is 0 Å². The van der Waals surface area contributed by atoms with Crippen molar-refractivity contribution in [2.75, 3.05) is 6.54 Å². The molecule has 18 heavy (non-hydrogen) atoms. The molecule has 0 radical (unpaired) electrons. The molecule has 0 aromatic carbocycles. The molecule has 1 aromatic rings. The van der Waals surface area contributed by atoms with Crippen molar-refractivity contribution in [3.8, 4) is 6.07 Å². The van der Waals surface area contributed by atoms with E-state index < -0.39 is 0 Å². The Morgan fingerprint density at radius 2 is 2.28 bits per heavy atom. The summed E-state index contributed by atoms with van der Waals surface area (Å²) in [5, 5.41) is 9.07. The lowest BCUT2D eigenvalue weighted by Gasteiger charge is -2.23. The smallest absolute Gasteiger partial charge is 0.144 e. The van der Waals surface area contributed by atoms with Crippen molar-refractivity contribution >= 4 is 0 Å². The summed E-state index contributed by atoms with van der Waals surface area (Å²) >= 11 is 0. The zero-order valence-electron chi connectivity index (χ0n) is 11.3. The van der Waals surface area contributed by atoms with Gasteiger partial charge in [-0.05, 0) is 37.8 Å². The van der Waals surface area contributed by atoms with Crippen LogP contribution >= 0.6 is 0 Å². The second-order valence-electron chi connectivity index (χ2n) is 5.51. The van der Waals surface area contributed by atoms with Crippen molar-refractivity contribution < 1.29 is 0 Å². The number of nitrogens with zero attached hydrogens (tertiary/aromatic N) is 3. The average Bonchev–Trinajstić information content (AvgIpc) is 3.19. The first-order chi connectivity index (χ1) is 8.70. The zero-order chi connectivity index (χ0) is 13.0. The minimum Gasteiger partial charge on any atom is -0.296 e. The third-order valence-electron chi connectivity index (χ3n) is 3.43. The Hall–Kier alpha value is -1.40. The molecule has 1 heterocycles. The van der Waals surface area contributed by atoms with Crippen molar-refractivity contribution in [3.63, 3.8) is 0 Å². The number of pyridine rings is 1. The lowest BCUT2D eigenvalue weighted by atomic mass is 10.1. The SMILES string of the molecule is CC(C)CCN(Cc1cccnc1C#N)C1CC1. The number of hydrogen-bond donors (Lipinski definition) is 0. The first-order valence-electron chi connectivity index (χ1n) is 6.78. The number of aromatic nitrogens is 1. The summed E-state index contributed by atoms with van der Waals surface area (Å²) in [4.78, 5) is 6.65. The Morgan fingerprint density at radius 3 is 2.89 bits per heavy atom. The Morgan fingerprint density at radius 1 is 1.50 bits per heavy atom. The largest absolute Gasteiger partial charge is 0.296 e. The van der Waals surface area contributed by atoms with Gasteiger partial charge in [0.25, 0.3) is 0 Å². The van der Waals surface area contributed by atoms with Crippen molar-refractivity contribution in [2.24, 2.45) is 5.92 Å². The van der Waals surface area contributed by atoms with Gasteiger partial charge < -0.3 is 0 Å². The second kappa shape index (κ2) is 5.97. The van der Waals surface area contributed by atoms with Crippen molar-refractivity contribution in [1.29, 1.82) is 5.26 Å². The van der Waals surface area contributed by atoms with E-state index in [4.69, 9.17) is 5.26 Å². The molecule has 0 bridgehead atoms. The minimum absolute atomic E-state index is 0.577. The number of nitriles is 1. The predicted molar refractivity (Wildman–Crippen MR) is 71.8 cm³/mol. The highest BCUT2D eigenvalue weighted by atomic mass is 15.2. The van der Waals surface area contributed by atoms with Crippen LogP contribution in [0.2, 0.25) is 0 Å². The molecule has 2 rings (SSSR count).